The lowest BCUT2D eigenvalue weighted by molar-refractivity contribution is 0.517. The van der Waals surface area contributed by atoms with Gasteiger partial charge in [0, 0.05) is 11.7 Å². The summed E-state index contributed by atoms with van der Waals surface area (Å²) in [6.07, 6.45) is 1.56. The zero-order valence-corrected chi connectivity index (χ0v) is 13.5. The average molecular weight is 332 g/mol. The average Bonchev–Trinajstić information content (AvgIpc) is 2.37. The molecule has 1 fully saturated rings. The molecule has 1 aliphatic heterocycles. The van der Waals surface area contributed by atoms with E-state index in [-0.39, 0.29) is 16.4 Å². The van der Waals surface area contributed by atoms with E-state index in [4.69, 9.17) is 5.73 Å². The molecule has 0 spiro atoms. The molecule has 8 heteroatoms. The summed E-state index contributed by atoms with van der Waals surface area (Å²) in [7, 11) is -6.93. The van der Waals surface area contributed by atoms with Gasteiger partial charge in [0.2, 0.25) is 10.0 Å². The Labute approximate surface area is 125 Å². The summed E-state index contributed by atoms with van der Waals surface area (Å²) in [6, 6.07) is 4.18. The van der Waals surface area contributed by atoms with E-state index in [1.165, 1.54) is 6.07 Å². The van der Waals surface area contributed by atoms with Crippen LogP contribution in [0.25, 0.3) is 0 Å². The van der Waals surface area contributed by atoms with Crippen molar-refractivity contribution in [2.75, 3.05) is 17.2 Å². The standard InChI is InChI=1S/C13H20N2O4S2/c1-2-10-5-6-11(14)8-13(10)21(18,19)15-12-4-3-7-20(16,17)9-12/h5-6,8,12,15H,2-4,7,9,14H2,1H3. The van der Waals surface area contributed by atoms with Gasteiger partial charge in [-0.1, -0.05) is 13.0 Å². The van der Waals surface area contributed by atoms with Crippen LogP contribution in [0.3, 0.4) is 0 Å². The summed E-state index contributed by atoms with van der Waals surface area (Å²) < 4.78 is 50.7. The Kier molecular flexibility index (Phi) is 4.60. The minimum Gasteiger partial charge on any atom is -0.399 e. The van der Waals surface area contributed by atoms with E-state index in [1.54, 1.807) is 12.1 Å². The van der Waals surface area contributed by atoms with Crippen LogP contribution in [0.4, 0.5) is 5.69 Å². The van der Waals surface area contributed by atoms with Crippen molar-refractivity contribution in [3.8, 4) is 0 Å². The fourth-order valence-corrected chi connectivity index (χ4v) is 5.87. The highest BCUT2D eigenvalue weighted by Crippen LogP contribution is 2.21. The molecule has 0 radical (unpaired) electrons. The van der Waals surface area contributed by atoms with Crippen LogP contribution in [0, 0.1) is 0 Å². The first-order valence-corrected chi connectivity index (χ1v) is 10.1. The maximum Gasteiger partial charge on any atom is 0.241 e. The maximum absolute atomic E-state index is 12.5. The zero-order valence-electron chi connectivity index (χ0n) is 11.9. The van der Waals surface area contributed by atoms with Crippen LogP contribution < -0.4 is 10.5 Å². The highest BCUT2D eigenvalue weighted by molar-refractivity contribution is 7.91. The van der Waals surface area contributed by atoms with E-state index in [0.717, 1.165) is 0 Å². The number of aryl methyl sites for hydroxylation is 1. The van der Waals surface area contributed by atoms with Crippen molar-refractivity contribution < 1.29 is 16.8 Å². The van der Waals surface area contributed by atoms with Gasteiger partial charge in [0.15, 0.2) is 9.84 Å². The topological polar surface area (TPSA) is 106 Å². The first-order chi connectivity index (χ1) is 9.73. The molecule has 2 rings (SSSR count). The second-order valence-electron chi connectivity index (χ2n) is 5.30. The molecule has 1 aromatic rings. The van der Waals surface area contributed by atoms with Crippen LogP contribution in [0.2, 0.25) is 0 Å². The van der Waals surface area contributed by atoms with Gasteiger partial charge in [0.25, 0.3) is 0 Å². The van der Waals surface area contributed by atoms with Gasteiger partial charge in [0.1, 0.15) is 0 Å². The number of sulfone groups is 1. The molecular weight excluding hydrogens is 312 g/mol. The number of rotatable bonds is 4. The zero-order chi connectivity index (χ0) is 15.7. The van der Waals surface area contributed by atoms with Gasteiger partial charge in [-0.3, -0.25) is 0 Å². The summed E-state index contributed by atoms with van der Waals surface area (Å²) in [5.74, 6) is -0.0142. The molecule has 1 aromatic carbocycles. The van der Waals surface area contributed by atoms with Gasteiger partial charge in [-0.15, -0.1) is 0 Å². The van der Waals surface area contributed by atoms with Crippen molar-refractivity contribution in [2.45, 2.75) is 37.1 Å². The molecule has 1 aliphatic rings. The van der Waals surface area contributed by atoms with Gasteiger partial charge < -0.3 is 5.73 Å². The van der Waals surface area contributed by atoms with Crippen LogP contribution >= 0.6 is 0 Å². The number of nitrogen functional groups attached to an aromatic ring is 1. The fourth-order valence-electron chi connectivity index (χ4n) is 2.51. The molecule has 0 aliphatic carbocycles. The van der Waals surface area contributed by atoms with Gasteiger partial charge in [0.05, 0.1) is 16.4 Å². The molecule has 1 heterocycles. The molecule has 21 heavy (non-hydrogen) atoms. The minimum absolute atomic E-state index is 0.129. The van der Waals surface area contributed by atoms with Crippen molar-refractivity contribution >= 4 is 25.5 Å². The third kappa shape index (κ3) is 3.96. The Morgan fingerprint density at radius 2 is 2.10 bits per heavy atom. The van der Waals surface area contributed by atoms with E-state index < -0.39 is 25.9 Å². The molecule has 0 amide bonds. The fraction of sp³-hybridized carbons (Fsp3) is 0.538. The van der Waals surface area contributed by atoms with E-state index in [1.807, 2.05) is 6.92 Å². The first-order valence-electron chi connectivity index (χ1n) is 6.84. The molecule has 0 bridgehead atoms. The highest BCUT2D eigenvalue weighted by Gasteiger charge is 2.29. The normalized spacial score (nSPS) is 22.0. The van der Waals surface area contributed by atoms with Crippen LogP contribution in [-0.4, -0.2) is 34.4 Å². The van der Waals surface area contributed by atoms with E-state index >= 15 is 0 Å². The second-order valence-corrected chi connectivity index (χ2v) is 9.21. The number of anilines is 1. The van der Waals surface area contributed by atoms with Crippen LogP contribution in [0.5, 0.6) is 0 Å². The Bertz CT molecular complexity index is 727. The number of benzene rings is 1. The largest absolute Gasteiger partial charge is 0.399 e. The van der Waals surface area contributed by atoms with Crippen molar-refractivity contribution in [2.24, 2.45) is 0 Å². The summed E-state index contributed by atoms with van der Waals surface area (Å²) in [5, 5.41) is 0. The molecule has 3 N–H and O–H groups in total. The number of nitrogens with one attached hydrogen (secondary N) is 1. The number of nitrogens with two attached hydrogens (primary N) is 1. The second kappa shape index (κ2) is 5.94. The summed E-state index contributed by atoms with van der Waals surface area (Å²) in [5.41, 5.74) is 6.69. The van der Waals surface area contributed by atoms with Crippen molar-refractivity contribution in [3.63, 3.8) is 0 Å². The maximum atomic E-state index is 12.5. The van der Waals surface area contributed by atoms with Gasteiger partial charge in [-0.05, 0) is 37.0 Å². The molecule has 118 valence electrons. The van der Waals surface area contributed by atoms with Crippen LogP contribution in [-0.2, 0) is 26.3 Å². The number of sulfonamides is 1. The third-order valence-electron chi connectivity index (χ3n) is 3.55. The van der Waals surface area contributed by atoms with E-state index in [9.17, 15) is 16.8 Å². The van der Waals surface area contributed by atoms with Gasteiger partial charge in [-0.25, -0.2) is 21.6 Å². The molecule has 0 saturated carbocycles. The van der Waals surface area contributed by atoms with E-state index in [0.29, 0.717) is 30.5 Å². The lowest BCUT2D eigenvalue weighted by Crippen LogP contribution is -2.43. The quantitative estimate of drug-likeness (QED) is 0.789. The molecule has 1 saturated heterocycles. The lowest BCUT2D eigenvalue weighted by Gasteiger charge is -2.23. The Morgan fingerprint density at radius 1 is 1.38 bits per heavy atom. The summed E-state index contributed by atoms with van der Waals surface area (Å²) in [6.45, 7) is 1.86. The monoisotopic (exact) mass is 332 g/mol. The molecule has 1 atom stereocenters. The molecule has 1 unspecified atom stereocenters. The smallest absolute Gasteiger partial charge is 0.241 e. The van der Waals surface area contributed by atoms with E-state index in [2.05, 4.69) is 4.72 Å². The number of hydrogen-bond acceptors (Lipinski definition) is 5. The Morgan fingerprint density at radius 3 is 2.71 bits per heavy atom. The highest BCUT2D eigenvalue weighted by atomic mass is 32.2. The van der Waals surface area contributed by atoms with Crippen LogP contribution in [0.15, 0.2) is 23.1 Å². The summed E-state index contributed by atoms with van der Waals surface area (Å²) in [4.78, 5) is 0.132. The van der Waals surface area contributed by atoms with Crippen LogP contribution in [0.1, 0.15) is 25.3 Å². The molecule has 0 aromatic heterocycles. The summed E-state index contributed by atoms with van der Waals surface area (Å²) >= 11 is 0. The third-order valence-corrected chi connectivity index (χ3v) is 6.97. The SMILES string of the molecule is CCc1ccc(N)cc1S(=O)(=O)NC1CCCS(=O)(=O)C1. The predicted octanol–water partition coefficient (Wildman–Crippen LogP) is 0.687. The van der Waals surface area contributed by atoms with Gasteiger partial charge in [-0.2, -0.15) is 0 Å². The minimum atomic E-state index is -3.77. The Hall–Kier alpha value is -1.12. The number of hydrogen-bond donors (Lipinski definition) is 2. The first kappa shape index (κ1) is 16.3. The van der Waals surface area contributed by atoms with Crippen molar-refractivity contribution in [3.05, 3.63) is 23.8 Å². The van der Waals surface area contributed by atoms with Crippen molar-refractivity contribution in [1.82, 2.24) is 4.72 Å². The van der Waals surface area contributed by atoms with Gasteiger partial charge >= 0.3 is 0 Å². The Balaban J connectivity index is 2.28. The molecule has 6 nitrogen and oxygen atoms in total. The predicted molar refractivity (Wildman–Crippen MR) is 82.2 cm³/mol. The molecular formula is C13H20N2O4S2. The van der Waals surface area contributed by atoms with Crippen molar-refractivity contribution in [1.29, 1.82) is 0 Å². The lowest BCUT2D eigenvalue weighted by atomic mass is 10.1.